The third kappa shape index (κ3) is 4.62. The van der Waals surface area contributed by atoms with Crippen molar-refractivity contribution in [2.24, 2.45) is 0 Å². The van der Waals surface area contributed by atoms with Gasteiger partial charge in [0.2, 0.25) is 5.91 Å². The van der Waals surface area contributed by atoms with Crippen LogP contribution in [0, 0.1) is 0 Å². The topological polar surface area (TPSA) is 44.4 Å². The van der Waals surface area contributed by atoms with Crippen molar-refractivity contribution in [2.45, 2.75) is 31.8 Å². The number of likely N-dealkylation sites (N-methyl/N-ethyl adjacent to an activating group) is 1. The maximum atomic E-state index is 11.6. The molecule has 2 rings (SSSR count). The molecular formula is C16H25N3O. The van der Waals surface area contributed by atoms with E-state index in [1.165, 1.54) is 24.8 Å². The lowest BCUT2D eigenvalue weighted by molar-refractivity contribution is -0.120. The summed E-state index contributed by atoms with van der Waals surface area (Å²) < 4.78 is 0. The Bertz CT molecular complexity index is 407. The summed E-state index contributed by atoms with van der Waals surface area (Å²) in [6.07, 6.45) is 3.69. The maximum Gasteiger partial charge on any atom is 0.234 e. The van der Waals surface area contributed by atoms with Crippen LogP contribution in [-0.2, 0) is 11.3 Å². The number of hydrogen-bond acceptors (Lipinski definition) is 3. The van der Waals surface area contributed by atoms with Gasteiger partial charge in [-0.15, -0.1) is 0 Å². The molecule has 0 bridgehead atoms. The van der Waals surface area contributed by atoms with Crippen molar-refractivity contribution in [2.75, 3.05) is 26.7 Å². The van der Waals surface area contributed by atoms with Crippen molar-refractivity contribution in [1.82, 2.24) is 15.5 Å². The van der Waals surface area contributed by atoms with Crippen LogP contribution in [0.2, 0.25) is 0 Å². The molecule has 0 radical (unpaired) electrons. The van der Waals surface area contributed by atoms with Gasteiger partial charge in [-0.3, -0.25) is 9.69 Å². The van der Waals surface area contributed by atoms with E-state index in [4.69, 9.17) is 0 Å². The molecule has 110 valence electrons. The van der Waals surface area contributed by atoms with E-state index in [0.717, 1.165) is 19.6 Å². The Hall–Kier alpha value is -1.39. The zero-order valence-electron chi connectivity index (χ0n) is 12.3. The average molecular weight is 275 g/mol. The van der Waals surface area contributed by atoms with Gasteiger partial charge in [-0.25, -0.2) is 0 Å². The molecule has 1 aromatic carbocycles. The highest BCUT2D eigenvalue weighted by atomic mass is 16.1. The zero-order valence-corrected chi connectivity index (χ0v) is 12.3. The molecule has 0 aromatic heterocycles. The Kier molecular flexibility index (Phi) is 6.02. The van der Waals surface area contributed by atoms with E-state index in [9.17, 15) is 4.79 Å². The molecule has 1 aliphatic heterocycles. The van der Waals surface area contributed by atoms with Gasteiger partial charge in [0.1, 0.15) is 0 Å². The van der Waals surface area contributed by atoms with E-state index in [2.05, 4.69) is 45.9 Å². The maximum absolute atomic E-state index is 11.6. The summed E-state index contributed by atoms with van der Waals surface area (Å²) in [5.74, 6) is 0.0812. The largest absolute Gasteiger partial charge is 0.353 e. The van der Waals surface area contributed by atoms with Gasteiger partial charge in [0, 0.05) is 19.1 Å². The number of carbonyl (C=O) groups excluding carboxylic acids is 1. The third-order valence-electron chi connectivity index (χ3n) is 3.85. The van der Waals surface area contributed by atoms with Gasteiger partial charge >= 0.3 is 0 Å². The Labute approximate surface area is 121 Å². The lowest BCUT2D eigenvalue weighted by atomic mass is 10.0. The number of hydrogen-bond donors (Lipinski definition) is 2. The normalized spacial score (nSPS) is 19.8. The fraction of sp³-hybridized carbons (Fsp3) is 0.562. The van der Waals surface area contributed by atoms with E-state index in [1.807, 2.05) is 0 Å². The predicted molar refractivity (Wildman–Crippen MR) is 81.4 cm³/mol. The van der Waals surface area contributed by atoms with Crippen LogP contribution in [-0.4, -0.2) is 43.5 Å². The second-order valence-corrected chi connectivity index (χ2v) is 5.44. The van der Waals surface area contributed by atoms with Crippen molar-refractivity contribution >= 4 is 5.91 Å². The molecule has 2 N–H and O–H groups in total. The van der Waals surface area contributed by atoms with Crippen LogP contribution in [0.1, 0.15) is 24.8 Å². The highest BCUT2D eigenvalue weighted by Crippen LogP contribution is 2.19. The minimum Gasteiger partial charge on any atom is -0.353 e. The third-order valence-corrected chi connectivity index (χ3v) is 3.85. The van der Waals surface area contributed by atoms with E-state index in [-0.39, 0.29) is 5.91 Å². The minimum absolute atomic E-state index is 0.0812. The number of likely N-dealkylation sites (tertiary alicyclic amines) is 1. The second-order valence-electron chi connectivity index (χ2n) is 5.44. The Balaban J connectivity index is 1.86. The molecule has 1 unspecified atom stereocenters. The highest BCUT2D eigenvalue weighted by molar-refractivity contribution is 5.77. The second kappa shape index (κ2) is 8.02. The summed E-state index contributed by atoms with van der Waals surface area (Å²) in [4.78, 5) is 14.1. The summed E-state index contributed by atoms with van der Waals surface area (Å²) in [5.41, 5.74) is 1.35. The van der Waals surface area contributed by atoms with Crippen molar-refractivity contribution in [3.05, 3.63) is 35.9 Å². The molecule has 1 saturated heterocycles. The average Bonchev–Trinajstić information content (AvgIpc) is 2.48. The molecule has 0 aliphatic carbocycles. The quantitative estimate of drug-likeness (QED) is 0.824. The number of benzene rings is 1. The first kappa shape index (κ1) is 15.0. The van der Waals surface area contributed by atoms with Gasteiger partial charge in [0.05, 0.1) is 6.54 Å². The first-order valence-corrected chi connectivity index (χ1v) is 7.49. The predicted octanol–water partition coefficient (Wildman–Crippen LogP) is 1.38. The van der Waals surface area contributed by atoms with Crippen LogP contribution in [0.25, 0.3) is 0 Å². The highest BCUT2D eigenvalue weighted by Gasteiger charge is 2.22. The number of amides is 1. The van der Waals surface area contributed by atoms with Crippen molar-refractivity contribution in [1.29, 1.82) is 0 Å². The van der Waals surface area contributed by atoms with E-state index in [0.29, 0.717) is 12.6 Å². The van der Waals surface area contributed by atoms with Crippen LogP contribution in [0.3, 0.4) is 0 Å². The smallest absolute Gasteiger partial charge is 0.234 e. The number of carbonyl (C=O) groups is 1. The summed E-state index contributed by atoms with van der Waals surface area (Å²) in [6.45, 7) is 3.26. The van der Waals surface area contributed by atoms with Crippen molar-refractivity contribution in [3.8, 4) is 0 Å². The Morgan fingerprint density at radius 2 is 2.10 bits per heavy atom. The number of nitrogens with zero attached hydrogens (tertiary/aromatic N) is 1. The SMILES string of the molecule is CNCC(=O)NCC1CCCCN1Cc1ccccc1. The molecule has 4 heteroatoms. The minimum atomic E-state index is 0.0812. The standard InChI is InChI=1S/C16H25N3O/c1-17-12-16(20)18-11-15-9-5-6-10-19(15)13-14-7-3-2-4-8-14/h2-4,7-8,15,17H,5-6,9-13H2,1H3,(H,18,20). The van der Waals surface area contributed by atoms with Gasteiger partial charge in [0.25, 0.3) is 0 Å². The number of piperidine rings is 1. The van der Waals surface area contributed by atoms with Crippen molar-refractivity contribution in [3.63, 3.8) is 0 Å². The fourth-order valence-electron chi connectivity index (χ4n) is 2.77. The van der Waals surface area contributed by atoms with Crippen LogP contribution in [0.4, 0.5) is 0 Å². The first-order chi connectivity index (χ1) is 9.79. The Morgan fingerprint density at radius 1 is 1.30 bits per heavy atom. The van der Waals surface area contributed by atoms with Crippen LogP contribution in [0.15, 0.2) is 30.3 Å². The lowest BCUT2D eigenvalue weighted by Crippen LogP contribution is -2.47. The van der Waals surface area contributed by atoms with Gasteiger partial charge in [-0.1, -0.05) is 36.8 Å². The van der Waals surface area contributed by atoms with E-state index >= 15 is 0 Å². The zero-order chi connectivity index (χ0) is 14.2. The van der Waals surface area contributed by atoms with E-state index in [1.54, 1.807) is 7.05 Å². The molecular weight excluding hydrogens is 250 g/mol. The Morgan fingerprint density at radius 3 is 2.85 bits per heavy atom. The molecule has 0 spiro atoms. The molecule has 1 amide bonds. The number of nitrogens with one attached hydrogen (secondary N) is 2. The van der Waals surface area contributed by atoms with Gasteiger partial charge in [-0.2, -0.15) is 0 Å². The molecule has 4 nitrogen and oxygen atoms in total. The molecule has 1 aliphatic rings. The molecule has 20 heavy (non-hydrogen) atoms. The summed E-state index contributed by atoms with van der Waals surface area (Å²) in [6, 6.07) is 11.0. The van der Waals surface area contributed by atoms with Gasteiger partial charge in [0.15, 0.2) is 0 Å². The van der Waals surface area contributed by atoms with Crippen molar-refractivity contribution < 1.29 is 4.79 Å². The number of rotatable bonds is 6. The van der Waals surface area contributed by atoms with E-state index < -0.39 is 0 Å². The summed E-state index contributed by atoms with van der Waals surface area (Å²) >= 11 is 0. The molecule has 0 saturated carbocycles. The lowest BCUT2D eigenvalue weighted by Gasteiger charge is -2.35. The molecule has 1 atom stereocenters. The van der Waals surface area contributed by atoms with Crippen LogP contribution < -0.4 is 10.6 Å². The van der Waals surface area contributed by atoms with Gasteiger partial charge < -0.3 is 10.6 Å². The summed E-state index contributed by atoms with van der Waals surface area (Å²) in [5, 5.41) is 5.91. The summed E-state index contributed by atoms with van der Waals surface area (Å²) in [7, 11) is 1.79. The first-order valence-electron chi connectivity index (χ1n) is 7.49. The van der Waals surface area contributed by atoms with Crippen LogP contribution in [0.5, 0.6) is 0 Å². The molecule has 1 heterocycles. The monoisotopic (exact) mass is 275 g/mol. The fourth-order valence-corrected chi connectivity index (χ4v) is 2.77. The van der Waals surface area contributed by atoms with Gasteiger partial charge in [-0.05, 0) is 32.0 Å². The van der Waals surface area contributed by atoms with Crippen LogP contribution >= 0.6 is 0 Å². The molecule has 1 aromatic rings. The molecule has 1 fully saturated rings.